The van der Waals surface area contributed by atoms with Crippen molar-refractivity contribution in [3.05, 3.63) is 0 Å². The fourth-order valence-electron chi connectivity index (χ4n) is 2.40. The number of hydrogen-bond acceptors (Lipinski definition) is 2. The number of carbonyl (C=O) groups excluding carboxylic acids is 1. The Bertz CT molecular complexity index is 188. The fourth-order valence-corrected chi connectivity index (χ4v) is 2.40. The van der Waals surface area contributed by atoms with Crippen molar-refractivity contribution < 1.29 is 9.90 Å². The van der Waals surface area contributed by atoms with E-state index in [0.29, 0.717) is 18.9 Å². The molecular formula is C12H23NO2. The van der Waals surface area contributed by atoms with Gasteiger partial charge in [-0.3, -0.25) is 4.79 Å². The third-order valence-electron chi connectivity index (χ3n) is 3.23. The average Bonchev–Trinajstić information content (AvgIpc) is 2.29. The zero-order chi connectivity index (χ0) is 11.1. The highest BCUT2D eigenvalue weighted by Crippen LogP contribution is 2.23. The zero-order valence-electron chi connectivity index (χ0n) is 9.74. The van der Waals surface area contributed by atoms with E-state index in [4.69, 9.17) is 5.11 Å². The third kappa shape index (κ3) is 3.82. The largest absolute Gasteiger partial charge is 0.396 e. The Morgan fingerprint density at radius 2 is 2.00 bits per heavy atom. The first kappa shape index (κ1) is 12.5. The molecule has 0 bridgehead atoms. The van der Waals surface area contributed by atoms with Crippen LogP contribution >= 0.6 is 0 Å². The lowest BCUT2D eigenvalue weighted by Crippen LogP contribution is -2.41. The number of rotatable bonds is 5. The molecule has 0 aromatic carbocycles. The number of aliphatic hydroxyl groups excluding tert-OH is 1. The molecule has 0 radical (unpaired) electrons. The molecule has 0 heterocycles. The summed E-state index contributed by atoms with van der Waals surface area (Å²) in [5, 5.41) is 8.71. The van der Waals surface area contributed by atoms with E-state index in [1.807, 2.05) is 11.8 Å². The van der Waals surface area contributed by atoms with Crippen molar-refractivity contribution in [3.63, 3.8) is 0 Å². The van der Waals surface area contributed by atoms with Crippen LogP contribution in [-0.4, -0.2) is 35.1 Å². The highest BCUT2D eigenvalue weighted by Gasteiger charge is 2.23. The topological polar surface area (TPSA) is 40.5 Å². The molecule has 1 N–H and O–H groups in total. The second kappa shape index (κ2) is 6.83. The lowest BCUT2D eigenvalue weighted by Gasteiger charge is -2.33. The summed E-state index contributed by atoms with van der Waals surface area (Å²) in [6.07, 6.45) is 7.27. The van der Waals surface area contributed by atoms with Gasteiger partial charge in [-0.2, -0.15) is 0 Å². The summed E-state index contributed by atoms with van der Waals surface area (Å²) in [5.74, 6) is 0.221. The summed E-state index contributed by atoms with van der Waals surface area (Å²) in [7, 11) is 0. The van der Waals surface area contributed by atoms with Gasteiger partial charge in [-0.05, 0) is 26.2 Å². The Balaban J connectivity index is 2.41. The van der Waals surface area contributed by atoms with Gasteiger partial charge in [-0.15, -0.1) is 0 Å². The molecule has 0 aromatic rings. The van der Waals surface area contributed by atoms with E-state index in [2.05, 4.69) is 0 Å². The third-order valence-corrected chi connectivity index (χ3v) is 3.23. The minimum atomic E-state index is 0.119. The molecule has 88 valence electrons. The van der Waals surface area contributed by atoms with Gasteiger partial charge >= 0.3 is 0 Å². The van der Waals surface area contributed by atoms with Crippen molar-refractivity contribution in [2.45, 2.75) is 57.9 Å². The summed E-state index contributed by atoms with van der Waals surface area (Å²) in [6.45, 7) is 2.98. The minimum Gasteiger partial charge on any atom is -0.396 e. The van der Waals surface area contributed by atoms with Gasteiger partial charge in [0.2, 0.25) is 5.91 Å². The second-order valence-corrected chi connectivity index (χ2v) is 4.30. The van der Waals surface area contributed by atoms with E-state index in [1.165, 1.54) is 32.1 Å². The standard InChI is InChI=1S/C12H23NO2/c1-2-13(12(15)9-6-10-14)11-7-4-3-5-8-11/h11,14H,2-10H2,1H3. The van der Waals surface area contributed by atoms with Crippen LogP contribution in [0.1, 0.15) is 51.9 Å². The van der Waals surface area contributed by atoms with E-state index in [9.17, 15) is 4.79 Å². The van der Waals surface area contributed by atoms with E-state index in [-0.39, 0.29) is 12.5 Å². The van der Waals surface area contributed by atoms with Gasteiger partial charge in [0.1, 0.15) is 0 Å². The molecule has 1 aliphatic rings. The maximum absolute atomic E-state index is 11.8. The fraction of sp³-hybridized carbons (Fsp3) is 0.917. The van der Waals surface area contributed by atoms with Crippen LogP contribution in [0.4, 0.5) is 0 Å². The number of aliphatic hydroxyl groups is 1. The van der Waals surface area contributed by atoms with Gasteiger partial charge in [0, 0.05) is 25.6 Å². The molecule has 1 rings (SSSR count). The van der Waals surface area contributed by atoms with E-state index < -0.39 is 0 Å². The number of hydrogen-bond donors (Lipinski definition) is 1. The van der Waals surface area contributed by atoms with Crippen LogP contribution in [0.3, 0.4) is 0 Å². The molecule has 1 saturated carbocycles. The van der Waals surface area contributed by atoms with Crippen LogP contribution in [0.15, 0.2) is 0 Å². The Morgan fingerprint density at radius 3 is 2.53 bits per heavy atom. The van der Waals surface area contributed by atoms with Crippen LogP contribution < -0.4 is 0 Å². The van der Waals surface area contributed by atoms with Gasteiger partial charge in [-0.25, -0.2) is 0 Å². The summed E-state index contributed by atoms with van der Waals surface area (Å²) in [5.41, 5.74) is 0. The first-order valence-electron chi connectivity index (χ1n) is 6.20. The van der Waals surface area contributed by atoms with Gasteiger partial charge < -0.3 is 10.0 Å². The molecule has 1 fully saturated rings. The molecule has 1 amide bonds. The first-order chi connectivity index (χ1) is 7.29. The van der Waals surface area contributed by atoms with Crippen molar-refractivity contribution in [3.8, 4) is 0 Å². The summed E-state index contributed by atoms with van der Waals surface area (Å²) in [4.78, 5) is 13.9. The molecular weight excluding hydrogens is 190 g/mol. The average molecular weight is 213 g/mol. The van der Waals surface area contributed by atoms with Crippen molar-refractivity contribution in [2.75, 3.05) is 13.2 Å². The normalized spacial score (nSPS) is 17.7. The van der Waals surface area contributed by atoms with Crippen molar-refractivity contribution >= 4 is 5.91 Å². The van der Waals surface area contributed by atoms with E-state index >= 15 is 0 Å². The monoisotopic (exact) mass is 213 g/mol. The summed E-state index contributed by atoms with van der Waals surface area (Å²) in [6, 6.07) is 0.468. The van der Waals surface area contributed by atoms with Gasteiger partial charge in [-0.1, -0.05) is 19.3 Å². The molecule has 0 spiro atoms. The molecule has 0 saturated heterocycles. The SMILES string of the molecule is CCN(C(=O)CCCO)C1CCCCC1. The van der Waals surface area contributed by atoms with Gasteiger partial charge in [0.25, 0.3) is 0 Å². The van der Waals surface area contributed by atoms with E-state index in [1.54, 1.807) is 0 Å². The molecule has 0 atom stereocenters. The Kier molecular flexibility index (Phi) is 5.69. The Labute approximate surface area is 92.5 Å². The van der Waals surface area contributed by atoms with Crippen LogP contribution in [-0.2, 0) is 4.79 Å². The molecule has 0 unspecified atom stereocenters. The van der Waals surface area contributed by atoms with Gasteiger partial charge in [0.05, 0.1) is 0 Å². The van der Waals surface area contributed by atoms with Gasteiger partial charge in [0.15, 0.2) is 0 Å². The lowest BCUT2D eigenvalue weighted by atomic mass is 9.94. The zero-order valence-corrected chi connectivity index (χ0v) is 9.74. The Hall–Kier alpha value is -0.570. The van der Waals surface area contributed by atoms with Crippen LogP contribution in [0.5, 0.6) is 0 Å². The number of nitrogens with zero attached hydrogens (tertiary/aromatic N) is 1. The molecule has 3 nitrogen and oxygen atoms in total. The first-order valence-corrected chi connectivity index (χ1v) is 6.20. The molecule has 0 aliphatic heterocycles. The molecule has 0 aromatic heterocycles. The summed E-state index contributed by atoms with van der Waals surface area (Å²) < 4.78 is 0. The molecule has 15 heavy (non-hydrogen) atoms. The Morgan fingerprint density at radius 1 is 1.33 bits per heavy atom. The summed E-state index contributed by atoms with van der Waals surface area (Å²) >= 11 is 0. The highest BCUT2D eigenvalue weighted by molar-refractivity contribution is 5.76. The van der Waals surface area contributed by atoms with Crippen molar-refractivity contribution in [1.29, 1.82) is 0 Å². The van der Waals surface area contributed by atoms with Crippen LogP contribution in [0, 0.1) is 0 Å². The number of carbonyl (C=O) groups is 1. The molecule has 1 aliphatic carbocycles. The smallest absolute Gasteiger partial charge is 0.222 e. The maximum atomic E-state index is 11.8. The van der Waals surface area contributed by atoms with Crippen LogP contribution in [0.25, 0.3) is 0 Å². The lowest BCUT2D eigenvalue weighted by molar-refractivity contribution is -0.134. The molecule has 3 heteroatoms. The maximum Gasteiger partial charge on any atom is 0.222 e. The van der Waals surface area contributed by atoms with Crippen molar-refractivity contribution in [2.24, 2.45) is 0 Å². The second-order valence-electron chi connectivity index (χ2n) is 4.30. The highest BCUT2D eigenvalue weighted by atomic mass is 16.3. The van der Waals surface area contributed by atoms with E-state index in [0.717, 1.165) is 6.54 Å². The quantitative estimate of drug-likeness (QED) is 0.758. The predicted molar refractivity (Wildman–Crippen MR) is 60.6 cm³/mol. The van der Waals surface area contributed by atoms with Crippen LogP contribution in [0.2, 0.25) is 0 Å². The minimum absolute atomic E-state index is 0.119. The van der Waals surface area contributed by atoms with Crippen molar-refractivity contribution in [1.82, 2.24) is 4.90 Å². The number of amides is 1. The predicted octanol–water partition coefficient (Wildman–Crippen LogP) is 1.94.